The van der Waals surface area contributed by atoms with Crippen molar-refractivity contribution in [1.82, 2.24) is 4.57 Å². The molecule has 0 fully saturated rings. The lowest BCUT2D eigenvalue weighted by molar-refractivity contribution is 0.128. The van der Waals surface area contributed by atoms with Crippen LogP contribution in [0.4, 0.5) is 0 Å². The van der Waals surface area contributed by atoms with Crippen molar-refractivity contribution in [2.24, 2.45) is 12.8 Å². The number of aryl methyl sites for hydroxylation is 1. The molecule has 1 atom stereocenters. The molecule has 0 aliphatic rings. The molecule has 0 aliphatic heterocycles. The fraction of sp³-hybridized carbons (Fsp3) is 0.333. The first-order chi connectivity index (χ1) is 4.52. The third kappa shape index (κ3) is 1.31. The number of rotatable bonds is 1. The van der Waals surface area contributed by atoms with Crippen LogP contribution >= 0.6 is 11.6 Å². The van der Waals surface area contributed by atoms with E-state index in [2.05, 4.69) is 0 Å². The van der Waals surface area contributed by atoms with Gasteiger partial charge in [0, 0.05) is 13.2 Å². The van der Waals surface area contributed by atoms with Crippen LogP contribution in [0, 0.1) is 0 Å². The van der Waals surface area contributed by atoms with Gasteiger partial charge < -0.3 is 9.67 Å². The van der Waals surface area contributed by atoms with Gasteiger partial charge in [0.2, 0.25) is 5.18 Å². The van der Waals surface area contributed by atoms with E-state index in [0.717, 1.165) is 0 Å². The maximum atomic E-state index is 9.08. The van der Waals surface area contributed by atoms with Gasteiger partial charge in [0.25, 0.3) is 0 Å². The molecule has 56 valence electrons. The van der Waals surface area contributed by atoms with E-state index in [4.69, 9.17) is 22.4 Å². The van der Waals surface area contributed by atoms with Gasteiger partial charge in [-0.25, -0.2) is 0 Å². The minimum absolute atomic E-state index is 0.481. The van der Waals surface area contributed by atoms with Crippen LogP contribution < -0.4 is 5.73 Å². The number of nitrogens with two attached hydrogens (primary N) is 1. The van der Waals surface area contributed by atoms with Crippen molar-refractivity contribution in [3.63, 3.8) is 0 Å². The fourth-order valence-corrected chi connectivity index (χ4v) is 1.02. The Kier molecular flexibility index (Phi) is 1.72. The summed E-state index contributed by atoms with van der Waals surface area (Å²) in [6.07, 6.45) is 1.76. The van der Waals surface area contributed by atoms with Crippen molar-refractivity contribution in [3.8, 4) is 0 Å². The summed E-state index contributed by atoms with van der Waals surface area (Å²) in [6.45, 7) is 0. The summed E-state index contributed by atoms with van der Waals surface area (Å²) < 4.78 is 1.66. The maximum absolute atomic E-state index is 9.08. The van der Waals surface area contributed by atoms with Crippen molar-refractivity contribution in [1.29, 1.82) is 0 Å². The van der Waals surface area contributed by atoms with Gasteiger partial charge in [-0.1, -0.05) is 11.6 Å². The number of nitrogens with zero attached hydrogens (tertiary/aromatic N) is 1. The quantitative estimate of drug-likeness (QED) is 0.353. The largest absolute Gasteiger partial charge is 0.358 e. The summed E-state index contributed by atoms with van der Waals surface area (Å²) in [7, 11) is 1.76. The number of aromatic nitrogens is 1. The standard InChI is InChI=1S/C6H9ClN2O/c1-9-4-2-3-5(9)6(7,8)10/h2-4,10H,8H2,1H3. The zero-order valence-electron chi connectivity index (χ0n) is 5.58. The minimum Gasteiger partial charge on any atom is -0.358 e. The van der Waals surface area contributed by atoms with Gasteiger partial charge in [-0.05, 0) is 12.1 Å². The van der Waals surface area contributed by atoms with Crippen LogP contribution in [0.5, 0.6) is 0 Å². The lowest BCUT2D eigenvalue weighted by Crippen LogP contribution is -2.31. The average Bonchev–Trinajstić information content (AvgIpc) is 2.11. The van der Waals surface area contributed by atoms with E-state index in [1.807, 2.05) is 0 Å². The molecule has 0 radical (unpaired) electrons. The van der Waals surface area contributed by atoms with E-state index in [-0.39, 0.29) is 0 Å². The Hall–Kier alpha value is -0.510. The predicted octanol–water partition coefficient (Wildman–Crippen LogP) is 0.325. The highest BCUT2D eigenvalue weighted by Gasteiger charge is 2.21. The Morgan fingerprint density at radius 2 is 2.40 bits per heavy atom. The van der Waals surface area contributed by atoms with Crippen LogP contribution in [0.2, 0.25) is 0 Å². The molecule has 3 N–H and O–H groups in total. The Labute approximate surface area is 64.0 Å². The van der Waals surface area contributed by atoms with Gasteiger partial charge in [0.15, 0.2) is 0 Å². The molecule has 1 aromatic heterocycles. The number of alkyl halides is 1. The molecule has 1 rings (SSSR count). The Balaban J connectivity index is 3.05. The zero-order chi connectivity index (χ0) is 7.78. The lowest BCUT2D eigenvalue weighted by atomic mass is 10.4. The third-order valence-corrected chi connectivity index (χ3v) is 1.50. The van der Waals surface area contributed by atoms with Crippen LogP contribution in [0.1, 0.15) is 5.69 Å². The SMILES string of the molecule is Cn1cccc1C(N)(O)Cl. The van der Waals surface area contributed by atoms with Gasteiger partial charge in [0.05, 0.1) is 5.69 Å². The average molecular weight is 161 g/mol. The van der Waals surface area contributed by atoms with Gasteiger partial charge >= 0.3 is 0 Å². The van der Waals surface area contributed by atoms with Crippen molar-refractivity contribution in [2.45, 2.75) is 5.18 Å². The molecule has 0 aliphatic carbocycles. The van der Waals surface area contributed by atoms with Crippen molar-refractivity contribution in [3.05, 3.63) is 24.0 Å². The summed E-state index contributed by atoms with van der Waals surface area (Å²) in [5.74, 6) is 0. The molecule has 3 nitrogen and oxygen atoms in total. The molecule has 0 aromatic carbocycles. The van der Waals surface area contributed by atoms with E-state index in [1.165, 1.54) is 0 Å². The molecule has 10 heavy (non-hydrogen) atoms. The molecule has 0 amide bonds. The first-order valence-electron chi connectivity index (χ1n) is 2.84. The molecule has 1 aromatic rings. The minimum atomic E-state index is -1.75. The fourth-order valence-electron chi connectivity index (χ4n) is 0.825. The summed E-state index contributed by atoms with van der Waals surface area (Å²) in [4.78, 5) is 0. The molecule has 1 heterocycles. The predicted molar refractivity (Wildman–Crippen MR) is 39.4 cm³/mol. The highest BCUT2D eigenvalue weighted by molar-refractivity contribution is 6.22. The van der Waals surface area contributed by atoms with E-state index < -0.39 is 5.18 Å². The second-order valence-corrected chi connectivity index (χ2v) is 2.75. The van der Waals surface area contributed by atoms with Crippen LogP contribution in [-0.4, -0.2) is 9.67 Å². The molecule has 0 saturated heterocycles. The molecular formula is C6H9ClN2O. The van der Waals surface area contributed by atoms with Gasteiger partial charge in [-0.3, -0.25) is 5.73 Å². The van der Waals surface area contributed by atoms with E-state index in [0.29, 0.717) is 5.69 Å². The topological polar surface area (TPSA) is 51.2 Å². The third-order valence-electron chi connectivity index (χ3n) is 1.30. The smallest absolute Gasteiger partial charge is 0.233 e. The zero-order valence-corrected chi connectivity index (χ0v) is 6.34. The normalized spacial score (nSPS) is 16.8. The van der Waals surface area contributed by atoms with Crippen LogP contribution in [0.25, 0.3) is 0 Å². The summed E-state index contributed by atoms with van der Waals surface area (Å²) >= 11 is 5.42. The Bertz CT molecular complexity index is 226. The van der Waals surface area contributed by atoms with Gasteiger partial charge in [-0.15, -0.1) is 0 Å². The number of halogens is 1. The van der Waals surface area contributed by atoms with Gasteiger partial charge in [0.1, 0.15) is 0 Å². The molecular weight excluding hydrogens is 152 g/mol. The lowest BCUT2D eigenvalue weighted by Gasteiger charge is -2.14. The molecule has 0 saturated carbocycles. The molecule has 4 heteroatoms. The Morgan fingerprint density at radius 1 is 1.80 bits per heavy atom. The second-order valence-electron chi connectivity index (χ2n) is 2.18. The number of hydrogen-bond acceptors (Lipinski definition) is 2. The summed E-state index contributed by atoms with van der Waals surface area (Å²) in [5, 5.41) is 7.33. The number of aliphatic hydroxyl groups is 1. The first-order valence-corrected chi connectivity index (χ1v) is 3.21. The van der Waals surface area contributed by atoms with Crippen molar-refractivity contribution < 1.29 is 5.11 Å². The van der Waals surface area contributed by atoms with E-state index in [1.54, 1.807) is 29.9 Å². The highest BCUT2D eigenvalue weighted by Crippen LogP contribution is 2.18. The first kappa shape index (κ1) is 7.60. The second kappa shape index (κ2) is 2.27. The van der Waals surface area contributed by atoms with Gasteiger partial charge in [-0.2, -0.15) is 0 Å². The summed E-state index contributed by atoms with van der Waals surface area (Å²) in [5.41, 5.74) is 5.68. The Morgan fingerprint density at radius 3 is 2.60 bits per heavy atom. The van der Waals surface area contributed by atoms with E-state index in [9.17, 15) is 0 Å². The van der Waals surface area contributed by atoms with Crippen molar-refractivity contribution >= 4 is 11.6 Å². The molecule has 0 bridgehead atoms. The van der Waals surface area contributed by atoms with E-state index >= 15 is 0 Å². The highest BCUT2D eigenvalue weighted by atomic mass is 35.5. The van der Waals surface area contributed by atoms with Crippen molar-refractivity contribution in [2.75, 3.05) is 0 Å². The summed E-state index contributed by atoms with van der Waals surface area (Å²) in [6, 6.07) is 3.42. The monoisotopic (exact) mass is 160 g/mol. The number of hydrogen-bond donors (Lipinski definition) is 2. The molecule has 1 unspecified atom stereocenters. The van der Waals surface area contributed by atoms with Crippen LogP contribution in [0.3, 0.4) is 0 Å². The van der Waals surface area contributed by atoms with Crippen LogP contribution in [0.15, 0.2) is 18.3 Å². The molecule has 0 spiro atoms. The van der Waals surface area contributed by atoms with Crippen LogP contribution in [-0.2, 0) is 12.2 Å². The maximum Gasteiger partial charge on any atom is 0.233 e.